The number of fused-ring (bicyclic) bond motifs is 6. The molecule has 0 aliphatic rings. The number of para-hydroxylation sites is 4. The van der Waals surface area contributed by atoms with Gasteiger partial charge in [-0.15, -0.1) is 0 Å². The second kappa shape index (κ2) is 9.86. The summed E-state index contributed by atoms with van der Waals surface area (Å²) in [6, 6.07) is 61.4. The van der Waals surface area contributed by atoms with Crippen molar-refractivity contribution in [1.29, 1.82) is 0 Å². The summed E-state index contributed by atoms with van der Waals surface area (Å²) in [6.07, 6.45) is 0. The number of nitrogens with zero attached hydrogens (tertiary/aromatic N) is 2. The van der Waals surface area contributed by atoms with Crippen LogP contribution in [0.25, 0.3) is 77.2 Å². The van der Waals surface area contributed by atoms with E-state index < -0.39 is 0 Å². The maximum atomic E-state index is 2.37. The first-order chi connectivity index (χ1) is 21.8. The molecule has 0 bridgehead atoms. The van der Waals surface area contributed by atoms with Crippen LogP contribution in [0.3, 0.4) is 0 Å². The van der Waals surface area contributed by atoms with E-state index in [0.29, 0.717) is 0 Å². The predicted molar refractivity (Wildman–Crippen MR) is 186 cm³/mol. The van der Waals surface area contributed by atoms with Crippen LogP contribution in [0.1, 0.15) is 0 Å². The normalized spacial score (nSPS) is 11.6. The Hall–Kier alpha value is -5.86. The van der Waals surface area contributed by atoms with Crippen LogP contribution in [0.15, 0.2) is 170 Å². The molecule has 44 heavy (non-hydrogen) atoms. The van der Waals surface area contributed by atoms with Crippen molar-refractivity contribution in [3.05, 3.63) is 170 Å². The molecule has 7 aromatic carbocycles. The van der Waals surface area contributed by atoms with Gasteiger partial charge in [0, 0.05) is 32.9 Å². The van der Waals surface area contributed by atoms with E-state index in [1.807, 2.05) is 0 Å². The molecule has 0 amide bonds. The highest BCUT2D eigenvalue weighted by molar-refractivity contribution is 6.11. The van der Waals surface area contributed by atoms with Gasteiger partial charge in [0.15, 0.2) is 0 Å². The van der Waals surface area contributed by atoms with Crippen molar-refractivity contribution in [2.24, 2.45) is 0 Å². The van der Waals surface area contributed by atoms with Gasteiger partial charge in [0.05, 0.1) is 22.1 Å². The maximum absolute atomic E-state index is 2.37. The summed E-state index contributed by atoms with van der Waals surface area (Å²) in [4.78, 5) is 0. The van der Waals surface area contributed by atoms with E-state index in [1.54, 1.807) is 0 Å². The predicted octanol–water partition coefficient (Wildman–Crippen LogP) is 11.2. The van der Waals surface area contributed by atoms with E-state index >= 15 is 0 Å². The quantitative estimate of drug-likeness (QED) is 0.203. The van der Waals surface area contributed by atoms with Crippen molar-refractivity contribution in [2.45, 2.75) is 0 Å². The fourth-order valence-electron chi connectivity index (χ4n) is 6.89. The molecule has 9 aromatic rings. The van der Waals surface area contributed by atoms with Gasteiger partial charge in [-0.3, -0.25) is 0 Å². The van der Waals surface area contributed by atoms with Crippen molar-refractivity contribution in [1.82, 2.24) is 9.13 Å². The lowest BCUT2D eigenvalue weighted by molar-refractivity contribution is 1.18. The van der Waals surface area contributed by atoms with Gasteiger partial charge in [-0.1, -0.05) is 109 Å². The van der Waals surface area contributed by atoms with E-state index in [0.717, 1.165) is 0 Å². The Balaban J connectivity index is 1.12. The molecule has 0 radical (unpaired) electrons. The molecule has 2 heterocycles. The topological polar surface area (TPSA) is 9.86 Å². The molecule has 0 aliphatic heterocycles. The monoisotopic (exact) mass is 560 g/mol. The molecule has 2 nitrogen and oxygen atoms in total. The number of hydrogen-bond donors (Lipinski definition) is 0. The van der Waals surface area contributed by atoms with Crippen molar-refractivity contribution in [3.8, 4) is 33.6 Å². The third-order valence-corrected chi connectivity index (χ3v) is 8.92. The summed E-state index contributed by atoms with van der Waals surface area (Å²) >= 11 is 0. The Bertz CT molecular complexity index is 2420. The molecule has 0 spiro atoms. The van der Waals surface area contributed by atoms with E-state index in [9.17, 15) is 0 Å². The molecule has 0 unspecified atom stereocenters. The lowest BCUT2D eigenvalue weighted by atomic mass is 9.98. The molecule has 0 N–H and O–H groups in total. The zero-order chi connectivity index (χ0) is 29.0. The van der Waals surface area contributed by atoms with E-state index in [-0.39, 0.29) is 0 Å². The van der Waals surface area contributed by atoms with Crippen molar-refractivity contribution in [3.63, 3.8) is 0 Å². The Kier molecular flexibility index (Phi) is 5.54. The van der Waals surface area contributed by atoms with Crippen LogP contribution in [-0.2, 0) is 0 Å². The zero-order valence-corrected chi connectivity index (χ0v) is 24.1. The highest BCUT2D eigenvalue weighted by Gasteiger charge is 2.14. The summed E-state index contributed by atoms with van der Waals surface area (Å²) < 4.78 is 4.73. The van der Waals surface area contributed by atoms with E-state index in [2.05, 4.69) is 179 Å². The smallest absolute Gasteiger partial charge is 0.0541 e. The zero-order valence-electron chi connectivity index (χ0n) is 24.1. The Morgan fingerprint density at radius 1 is 0.250 bits per heavy atom. The maximum Gasteiger partial charge on any atom is 0.0541 e. The van der Waals surface area contributed by atoms with Crippen molar-refractivity contribution in [2.75, 3.05) is 0 Å². The molecule has 0 saturated carbocycles. The first-order valence-corrected chi connectivity index (χ1v) is 15.1. The highest BCUT2D eigenvalue weighted by atomic mass is 15.0. The van der Waals surface area contributed by atoms with Gasteiger partial charge >= 0.3 is 0 Å². The molecular formula is C42H28N2. The first kappa shape index (κ1) is 24.7. The molecule has 2 heteroatoms. The number of rotatable bonds is 4. The fourth-order valence-corrected chi connectivity index (χ4v) is 6.89. The minimum atomic E-state index is 1.17. The first-order valence-electron chi connectivity index (χ1n) is 15.1. The summed E-state index contributed by atoms with van der Waals surface area (Å²) in [5.41, 5.74) is 12.1. The summed E-state index contributed by atoms with van der Waals surface area (Å²) in [6.45, 7) is 0. The highest BCUT2D eigenvalue weighted by Crippen LogP contribution is 2.36. The number of hydrogen-bond acceptors (Lipinski definition) is 0. The molecule has 0 atom stereocenters. The fraction of sp³-hybridized carbons (Fsp3) is 0. The SMILES string of the molecule is c1ccc(-n2c3ccccc3c3cc(-c4cccc(-c5ccc(-n6c7ccccc7c7ccccc76)cc5)c4)ccc32)cc1. The molecule has 0 aliphatic carbocycles. The average Bonchev–Trinajstić information content (AvgIpc) is 3.61. The second-order valence-electron chi connectivity index (χ2n) is 11.4. The van der Waals surface area contributed by atoms with Gasteiger partial charge < -0.3 is 9.13 Å². The third-order valence-electron chi connectivity index (χ3n) is 8.92. The Morgan fingerprint density at radius 2 is 0.682 bits per heavy atom. The lowest BCUT2D eigenvalue weighted by Gasteiger charge is -2.11. The lowest BCUT2D eigenvalue weighted by Crippen LogP contribution is -1.93. The molecule has 2 aromatic heterocycles. The number of aromatic nitrogens is 2. The van der Waals surface area contributed by atoms with Crippen LogP contribution < -0.4 is 0 Å². The van der Waals surface area contributed by atoms with Gasteiger partial charge in [0.1, 0.15) is 0 Å². The van der Waals surface area contributed by atoms with Crippen LogP contribution >= 0.6 is 0 Å². The average molecular weight is 561 g/mol. The van der Waals surface area contributed by atoms with Crippen LogP contribution in [0, 0.1) is 0 Å². The molecular weight excluding hydrogens is 532 g/mol. The van der Waals surface area contributed by atoms with Gasteiger partial charge in [0.25, 0.3) is 0 Å². The van der Waals surface area contributed by atoms with Gasteiger partial charge in [-0.2, -0.15) is 0 Å². The van der Waals surface area contributed by atoms with Crippen molar-refractivity contribution < 1.29 is 0 Å². The Morgan fingerprint density at radius 3 is 1.30 bits per heavy atom. The molecule has 0 saturated heterocycles. The van der Waals surface area contributed by atoms with Gasteiger partial charge in [-0.05, 0) is 82.9 Å². The minimum Gasteiger partial charge on any atom is -0.309 e. The standard InChI is InChI=1S/C42H28N2/c1-2-13-33(14-3-1)43-41-20-9-6-17-37(41)38-28-32(23-26-42(38)43)31-12-10-11-30(27-31)29-21-24-34(25-22-29)44-39-18-7-4-15-35(39)36-16-5-8-19-40(36)44/h1-28H. The Labute approximate surface area is 255 Å². The molecule has 0 fully saturated rings. The van der Waals surface area contributed by atoms with Crippen LogP contribution in [0.4, 0.5) is 0 Å². The third kappa shape index (κ3) is 3.82. The van der Waals surface area contributed by atoms with E-state index in [4.69, 9.17) is 0 Å². The van der Waals surface area contributed by atoms with Gasteiger partial charge in [0.2, 0.25) is 0 Å². The molecule has 9 rings (SSSR count). The van der Waals surface area contributed by atoms with Gasteiger partial charge in [-0.25, -0.2) is 0 Å². The summed E-state index contributed by atoms with van der Waals surface area (Å²) in [5, 5.41) is 5.10. The summed E-state index contributed by atoms with van der Waals surface area (Å²) in [5.74, 6) is 0. The van der Waals surface area contributed by atoms with Crippen LogP contribution in [0.2, 0.25) is 0 Å². The van der Waals surface area contributed by atoms with Crippen LogP contribution in [-0.4, -0.2) is 9.13 Å². The van der Waals surface area contributed by atoms with Crippen molar-refractivity contribution >= 4 is 43.6 Å². The largest absolute Gasteiger partial charge is 0.309 e. The van der Waals surface area contributed by atoms with E-state index in [1.165, 1.54) is 77.2 Å². The van der Waals surface area contributed by atoms with Crippen LogP contribution in [0.5, 0.6) is 0 Å². The number of benzene rings is 7. The minimum absolute atomic E-state index is 1.17. The summed E-state index contributed by atoms with van der Waals surface area (Å²) in [7, 11) is 0. The second-order valence-corrected chi connectivity index (χ2v) is 11.4. The molecule has 206 valence electrons.